The molecule has 0 amide bonds. The SMILES string of the molecule is Fc1cccc(F)c1Nc1nc(Cl)nc2sccc12. The summed E-state index contributed by atoms with van der Waals surface area (Å²) < 4.78 is 27.2. The highest BCUT2D eigenvalue weighted by atomic mass is 35.5. The van der Waals surface area contributed by atoms with E-state index in [2.05, 4.69) is 15.3 Å². The Morgan fingerprint density at radius 3 is 2.58 bits per heavy atom. The Morgan fingerprint density at radius 1 is 1.11 bits per heavy atom. The molecular formula is C12H6ClF2N3S. The molecule has 2 heterocycles. The van der Waals surface area contributed by atoms with E-state index in [-0.39, 0.29) is 16.8 Å². The topological polar surface area (TPSA) is 37.8 Å². The number of hydrogen-bond acceptors (Lipinski definition) is 4. The largest absolute Gasteiger partial charge is 0.335 e. The molecule has 1 aromatic carbocycles. The third-order valence-corrected chi connectivity index (χ3v) is 3.48. The van der Waals surface area contributed by atoms with Gasteiger partial charge in [-0.05, 0) is 35.2 Å². The first-order chi connectivity index (χ1) is 9.15. The molecule has 3 aromatic rings. The van der Waals surface area contributed by atoms with Crippen molar-refractivity contribution < 1.29 is 8.78 Å². The van der Waals surface area contributed by atoms with E-state index in [1.165, 1.54) is 29.5 Å². The van der Waals surface area contributed by atoms with Crippen LogP contribution in [0.25, 0.3) is 10.2 Å². The van der Waals surface area contributed by atoms with Crippen LogP contribution in [0, 0.1) is 11.6 Å². The molecule has 0 fully saturated rings. The number of benzene rings is 1. The number of anilines is 2. The van der Waals surface area contributed by atoms with Gasteiger partial charge >= 0.3 is 0 Å². The summed E-state index contributed by atoms with van der Waals surface area (Å²) in [5.41, 5.74) is -0.259. The quantitative estimate of drug-likeness (QED) is 0.714. The van der Waals surface area contributed by atoms with Gasteiger partial charge in [-0.3, -0.25) is 0 Å². The standard InChI is InChI=1S/C12H6ClF2N3S/c13-12-17-10(6-4-5-19-11(6)18-12)16-9-7(14)2-1-3-8(9)15/h1-5H,(H,16,17,18). The molecule has 0 saturated carbocycles. The van der Waals surface area contributed by atoms with Crippen molar-refractivity contribution in [3.63, 3.8) is 0 Å². The zero-order valence-electron chi connectivity index (χ0n) is 9.32. The normalized spacial score (nSPS) is 10.9. The number of aromatic nitrogens is 2. The molecule has 1 N–H and O–H groups in total. The number of para-hydroxylation sites is 1. The van der Waals surface area contributed by atoms with E-state index >= 15 is 0 Å². The lowest BCUT2D eigenvalue weighted by molar-refractivity contribution is 0.590. The van der Waals surface area contributed by atoms with E-state index in [1.54, 1.807) is 11.4 Å². The summed E-state index contributed by atoms with van der Waals surface area (Å²) in [5.74, 6) is -1.11. The van der Waals surface area contributed by atoms with Crippen molar-refractivity contribution in [1.82, 2.24) is 9.97 Å². The molecule has 0 spiro atoms. The number of nitrogens with one attached hydrogen (secondary N) is 1. The number of nitrogens with zero attached hydrogens (tertiary/aromatic N) is 2. The molecule has 0 aliphatic heterocycles. The number of hydrogen-bond donors (Lipinski definition) is 1. The van der Waals surface area contributed by atoms with Gasteiger partial charge in [0.2, 0.25) is 5.28 Å². The molecule has 96 valence electrons. The van der Waals surface area contributed by atoms with E-state index in [4.69, 9.17) is 11.6 Å². The lowest BCUT2D eigenvalue weighted by Gasteiger charge is -2.08. The Balaban J connectivity index is 2.13. The molecule has 0 radical (unpaired) electrons. The van der Waals surface area contributed by atoms with Gasteiger partial charge in [-0.1, -0.05) is 6.07 Å². The molecule has 2 aromatic heterocycles. The first kappa shape index (κ1) is 12.3. The van der Waals surface area contributed by atoms with Gasteiger partial charge in [-0.2, -0.15) is 4.98 Å². The Bertz CT molecular complexity index is 740. The predicted octanol–water partition coefficient (Wildman–Crippen LogP) is 4.37. The van der Waals surface area contributed by atoms with Crippen LogP contribution in [0.4, 0.5) is 20.3 Å². The molecule has 0 atom stereocenters. The lowest BCUT2D eigenvalue weighted by Crippen LogP contribution is -2.00. The molecule has 0 aliphatic carbocycles. The zero-order chi connectivity index (χ0) is 13.4. The Kier molecular flexibility index (Phi) is 3.04. The van der Waals surface area contributed by atoms with Crippen LogP contribution in [0.15, 0.2) is 29.6 Å². The van der Waals surface area contributed by atoms with E-state index in [0.29, 0.717) is 10.2 Å². The highest BCUT2D eigenvalue weighted by molar-refractivity contribution is 7.16. The molecule has 7 heteroatoms. The van der Waals surface area contributed by atoms with Crippen LogP contribution < -0.4 is 5.32 Å². The zero-order valence-corrected chi connectivity index (χ0v) is 10.9. The van der Waals surface area contributed by atoms with Crippen molar-refractivity contribution in [3.8, 4) is 0 Å². The highest BCUT2D eigenvalue weighted by Crippen LogP contribution is 2.30. The van der Waals surface area contributed by atoms with Crippen molar-refractivity contribution in [2.24, 2.45) is 0 Å². The fraction of sp³-hybridized carbons (Fsp3) is 0. The third-order valence-electron chi connectivity index (χ3n) is 2.50. The van der Waals surface area contributed by atoms with Gasteiger partial charge in [-0.25, -0.2) is 13.8 Å². The third kappa shape index (κ3) is 2.24. The van der Waals surface area contributed by atoms with E-state index < -0.39 is 11.6 Å². The van der Waals surface area contributed by atoms with Gasteiger partial charge in [-0.15, -0.1) is 11.3 Å². The predicted molar refractivity (Wildman–Crippen MR) is 72.1 cm³/mol. The summed E-state index contributed by atoms with van der Waals surface area (Å²) in [6.07, 6.45) is 0. The number of thiophene rings is 1. The van der Waals surface area contributed by atoms with Crippen molar-refractivity contribution in [2.75, 3.05) is 5.32 Å². The lowest BCUT2D eigenvalue weighted by atomic mass is 10.2. The van der Waals surface area contributed by atoms with Gasteiger partial charge in [0.25, 0.3) is 0 Å². The molecular weight excluding hydrogens is 292 g/mol. The average Bonchev–Trinajstić information content (AvgIpc) is 2.81. The van der Waals surface area contributed by atoms with Crippen LogP contribution in [0.1, 0.15) is 0 Å². The fourth-order valence-electron chi connectivity index (χ4n) is 1.66. The van der Waals surface area contributed by atoms with Crippen molar-refractivity contribution in [2.45, 2.75) is 0 Å². The smallest absolute Gasteiger partial charge is 0.225 e. The van der Waals surface area contributed by atoms with E-state index in [0.717, 1.165) is 0 Å². The van der Waals surface area contributed by atoms with Gasteiger partial charge in [0.1, 0.15) is 28.0 Å². The summed E-state index contributed by atoms with van der Waals surface area (Å²) in [6.45, 7) is 0. The molecule has 0 aliphatic rings. The van der Waals surface area contributed by atoms with Crippen LogP contribution in [-0.2, 0) is 0 Å². The Labute approximate surface area is 115 Å². The van der Waals surface area contributed by atoms with Crippen LogP contribution in [0.5, 0.6) is 0 Å². The summed E-state index contributed by atoms with van der Waals surface area (Å²) >= 11 is 7.16. The summed E-state index contributed by atoms with van der Waals surface area (Å²) in [7, 11) is 0. The first-order valence-electron chi connectivity index (χ1n) is 5.27. The second-order valence-corrected chi connectivity index (χ2v) is 4.93. The van der Waals surface area contributed by atoms with Crippen LogP contribution >= 0.6 is 22.9 Å². The minimum atomic E-state index is -0.696. The van der Waals surface area contributed by atoms with Gasteiger partial charge in [0.05, 0.1) is 5.39 Å². The van der Waals surface area contributed by atoms with Crippen molar-refractivity contribution in [1.29, 1.82) is 0 Å². The first-order valence-corrected chi connectivity index (χ1v) is 6.52. The average molecular weight is 298 g/mol. The fourth-order valence-corrected chi connectivity index (χ4v) is 2.64. The number of halogens is 3. The number of rotatable bonds is 2. The molecule has 3 rings (SSSR count). The van der Waals surface area contributed by atoms with Gasteiger partial charge < -0.3 is 5.32 Å². The monoisotopic (exact) mass is 297 g/mol. The molecule has 19 heavy (non-hydrogen) atoms. The van der Waals surface area contributed by atoms with Gasteiger partial charge in [0, 0.05) is 0 Å². The summed E-state index contributed by atoms with van der Waals surface area (Å²) in [6, 6.07) is 5.39. The van der Waals surface area contributed by atoms with E-state index in [1.807, 2.05) is 0 Å². The van der Waals surface area contributed by atoms with Crippen molar-refractivity contribution >= 4 is 44.7 Å². The van der Waals surface area contributed by atoms with Crippen molar-refractivity contribution in [3.05, 3.63) is 46.6 Å². The minimum absolute atomic E-state index is 0.0224. The maximum Gasteiger partial charge on any atom is 0.225 e. The highest BCUT2D eigenvalue weighted by Gasteiger charge is 2.13. The second-order valence-electron chi connectivity index (χ2n) is 3.70. The van der Waals surface area contributed by atoms with E-state index in [9.17, 15) is 8.78 Å². The maximum absolute atomic E-state index is 13.6. The maximum atomic E-state index is 13.6. The summed E-state index contributed by atoms with van der Waals surface area (Å²) in [4.78, 5) is 8.65. The molecule has 3 nitrogen and oxygen atoms in total. The second kappa shape index (κ2) is 4.71. The molecule has 0 bridgehead atoms. The van der Waals surface area contributed by atoms with Gasteiger partial charge in [0.15, 0.2) is 0 Å². The Hall–Kier alpha value is -1.79. The molecule has 0 saturated heterocycles. The Morgan fingerprint density at radius 2 is 1.84 bits per heavy atom. The molecule has 0 unspecified atom stereocenters. The number of fused-ring (bicyclic) bond motifs is 1. The van der Waals surface area contributed by atoms with Crippen LogP contribution in [-0.4, -0.2) is 9.97 Å². The summed E-state index contributed by atoms with van der Waals surface area (Å²) in [5, 5.41) is 5.12. The van der Waals surface area contributed by atoms with Crippen LogP contribution in [0.3, 0.4) is 0 Å². The minimum Gasteiger partial charge on any atom is -0.335 e. The van der Waals surface area contributed by atoms with Crippen LogP contribution in [0.2, 0.25) is 5.28 Å².